The molecule has 0 unspecified atom stereocenters. The summed E-state index contributed by atoms with van der Waals surface area (Å²) in [4.78, 5) is 28.7. The summed E-state index contributed by atoms with van der Waals surface area (Å²) in [6.07, 6.45) is 1.47. The van der Waals surface area contributed by atoms with Crippen LogP contribution < -0.4 is 0 Å². The van der Waals surface area contributed by atoms with Crippen molar-refractivity contribution < 1.29 is 9.59 Å². The molecule has 1 heterocycles. The average Bonchev–Trinajstić information content (AvgIpc) is 2.67. The van der Waals surface area contributed by atoms with Gasteiger partial charge in [0.25, 0.3) is 0 Å². The SMILES string of the molecule is CC(=O)N1CCN(C(=O)C(Cc2cccc(C)c2)Cc2cccc(C)c2)CC1. The molecule has 4 heteroatoms. The van der Waals surface area contributed by atoms with Crippen LogP contribution in [0.25, 0.3) is 0 Å². The van der Waals surface area contributed by atoms with Crippen molar-refractivity contribution in [2.24, 2.45) is 5.92 Å². The van der Waals surface area contributed by atoms with Gasteiger partial charge in [-0.05, 0) is 37.8 Å². The first-order valence-electron chi connectivity index (χ1n) is 10.1. The van der Waals surface area contributed by atoms with Crippen LogP contribution in [0.1, 0.15) is 29.2 Å². The van der Waals surface area contributed by atoms with Gasteiger partial charge in [0, 0.05) is 39.0 Å². The molecule has 0 N–H and O–H groups in total. The number of carbonyl (C=O) groups excluding carboxylic acids is 2. The molecule has 0 atom stereocenters. The molecule has 0 aromatic heterocycles. The van der Waals surface area contributed by atoms with Gasteiger partial charge in [-0.25, -0.2) is 0 Å². The maximum Gasteiger partial charge on any atom is 0.226 e. The van der Waals surface area contributed by atoms with E-state index in [0.717, 1.165) is 12.8 Å². The molecule has 0 radical (unpaired) electrons. The second-order valence-corrected chi connectivity index (χ2v) is 7.91. The highest BCUT2D eigenvalue weighted by Crippen LogP contribution is 2.20. The van der Waals surface area contributed by atoms with E-state index in [-0.39, 0.29) is 17.7 Å². The summed E-state index contributed by atoms with van der Waals surface area (Å²) in [7, 11) is 0. The quantitative estimate of drug-likeness (QED) is 0.800. The summed E-state index contributed by atoms with van der Waals surface area (Å²) in [5, 5.41) is 0. The van der Waals surface area contributed by atoms with Gasteiger partial charge in [-0.3, -0.25) is 9.59 Å². The molecule has 148 valence electrons. The van der Waals surface area contributed by atoms with Crippen molar-refractivity contribution in [2.45, 2.75) is 33.6 Å². The first kappa shape index (κ1) is 20.1. The van der Waals surface area contributed by atoms with Crippen LogP contribution in [0.4, 0.5) is 0 Å². The number of hydrogen-bond acceptors (Lipinski definition) is 2. The monoisotopic (exact) mass is 378 g/mol. The van der Waals surface area contributed by atoms with Crippen molar-refractivity contribution in [2.75, 3.05) is 26.2 Å². The smallest absolute Gasteiger partial charge is 0.226 e. The largest absolute Gasteiger partial charge is 0.339 e. The van der Waals surface area contributed by atoms with E-state index < -0.39 is 0 Å². The van der Waals surface area contributed by atoms with Gasteiger partial charge in [-0.1, -0.05) is 59.7 Å². The molecule has 0 bridgehead atoms. The molecule has 28 heavy (non-hydrogen) atoms. The molecule has 0 spiro atoms. The Bertz CT molecular complexity index is 791. The summed E-state index contributed by atoms with van der Waals surface area (Å²) in [6.45, 7) is 8.26. The molecule has 4 nitrogen and oxygen atoms in total. The lowest BCUT2D eigenvalue weighted by Crippen LogP contribution is -2.51. The van der Waals surface area contributed by atoms with Crippen LogP contribution in [-0.2, 0) is 22.4 Å². The number of rotatable bonds is 5. The number of aryl methyl sites for hydroxylation is 2. The van der Waals surface area contributed by atoms with E-state index in [2.05, 4.69) is 62.4 Å². The van der Waals surface area contributed by atoms with Crippen LogP contribution in [0.3, 0.4) is 0 Å². The maximum absolute atomic E-state index is 13.4. The summed E-state index contributed by atoms with van der Waals surface area (Å²) >= 11 is 0. The van der Waals surface area contributed by atoms with E-state index in [1.165, 1.54) is 22.3 Å². The fourth-order valence-electron chi connectivity index (χ4n) is 3.99. The number of amides is 2. The summed E-state index contributed by atoms with van der Waals surface area (Å²) in [5.74, 6) is 0.196. The number of nitrogens with zero attached hydrogens (tertiary/aromatic N) is 2. The predicted molar refractivity (Wildman–Crippen MR) is 112 cm³/mol. The zero-order chi connectivity index (χ0) is 20.1. The Morgan fingerprint density at radius 2 is 1.29 bits per heavy atom. The molecule has 3 rings (SSSR count). The molecule has 1 fully saturated rings. The predicted octanol–water partition coefficient (Wildman–Crippen LogP) is 3.40. The van der Waals surface area contributed by atoms with Gasteiger partial charge in [0.2, 0.25) is 11.8 Å². The molecule has 1 aliphatic heterocycles. The van der Waals surface area contributed by atoms with Crippen molar-refractivity contribution >= 4 is 11.8 Å². The molecule has 2 amide bonds. The third-order valence-corrected chi connectivity index (χ3v) is 5.52. The van der Waals surface area contributed by atoms with Gasteiger partial charge in [-0.2, -0.15) is 0 Å². The van der Waals surface area contributed by atoms with Gasteiger partial charge in [0.1, 0.15) is 0 Å². The van der Waals surface area contributed by atoms with Gasteiger partial charge in [0.05, 0.1) is 0 Å². The highest BCUT2D eigenvalue weighted by Gasteiger charge is 2.28. The minimum atomic E-state index is -0.0903. The zero-order valence-electron chi connectivity index (χ0n) is 17.1. The Morgan fingerprint density at radius 3 is 1.71 bits per heavy atom. The fourth-order valence-corrected chi connectivity index (χ4v) is 3.99. The lowest BCUT2D eigenvalue weighted by atomic mass is 9.90. The Kier molecular flexibility index (Phi) is 6.50. The minimum Gasteiger partial charge on any atom is -0.339 e. The van der Waals surface area contributed by atoms with Gasteiger partial charge in [0.15, 0.2) is 0 Å². The van der Waals surface area contributed by atoms with E-state index in [1.807, 2.05) is 9.80 Å². The van der Waals surface area contributed by atoms with E-state index in [1.54, 1.807) is 6.92 Å². The highest BCUT2D eigenvalue weighted by atomic mass is 16.2. The van der Waals surface area contributed by atoms with E-state index in [9.17, 15) is 9.59 Å². The normalized spacial score (nSPS) is 14.4. The number of hydrogen-bond donors (Lipinski definition) is 0. The Morgan fingerprint density at radius 1 is 0.821 bits per heavy atom. The standard InChI is InChI=1S/C24H30N2O2/c1-18-6-4-8-21(14-18)16-23(17-22-9-5-7-19(2)15-22)24(28)26-12-10-25(11-13-26)20(3)27/h4-9,14-15,23H,10-13,16-17H2,1-3H3. The third kappa shape index (κ3) is 5.22. The lowest BCUT2D eigenvalue weighted by molar-refractivity contribution is -0.141. The molecular formula is C24H30N2O2. The maximum atomic E-state index is 13.4. The minimum absolute atomic E-state index is 0.0863. The Labute approximate surface area is 168 Å². The van der Waals surface area contributed by atoms with Crippen LogP contribution in [-0.4, -0.2) is 47.8 Å². The molecule has 1 aliphatic rings. The van der Waals surface area contributed by atoms with Crippen molar-refractivity contribution in [1.29, 1.82) is 0 Å². The van der Waals surface area contributed by atoms with E-state index in [0.29, 0.717) is 26.2 Å². The van der Waals surface area contributed by atoms with E-state index in [4.69, 9.17) is 0 Å². The van der Waals surface area contributed by atoms with Crippen LogP contribution >= 0.6 is 0 Å². The lowest BCUT2D eigenvalue weighted by Gasteiger charge is -2.36. The van der Waals surface area contributed by atoms with Crippen LogP contribution in [0.2, 0.25) is 0 Å². The zero-order valence-corrected chi connectivity index (χ0v) is 17.1. The molecule has 2 aromatic carbocycles. The van der Waals surface area contributed by atoms with Crippen LogP contribution in [0, 0.1) is 19.8 Å². The second kappa shape index (κ2) is 9.05. The Balaban J connectivity index is 1.76. The Hall–Kier alpha value is -2.62. The van der Waals surface area contributed by atoms with Crippen molar-refractivity contribution in [3.8, 4) is 0 Å². The number of piperazine rings is 1. The van der Waals surface area contributed by atoms with Crippen LogP contribution in [0.5, 0.6) is 0 Å². The highest BCUT2D eigenvalue weighted by molar-refractivity contribution is 5.80. The number of carbonyl (C=O) groups is 2. The first-order chi connectivity index (χ1) is 13.4. The van der Waals surface area contributed by atoms with Crippen LogP contribution in [0.15, 0.2) is 48.5 Å². The van der Waals surface area contributed by atoms with Gasteiger partial charge < -0.3 is 9.80 Å². The van der Waals surface area contributed by atoms with Crippen molar-refractivity contribution in [1.82, 2.24) is 9.80 Å². The molecular weight excluding hydrogens is 348 g/mol. The van der Waals surface area contributed by atoms with E-state index >= 15 is 0 Å². The summed E-state index contributed by atoms with van der Waals surface area (Å²) in [5.41, 5.74) is 4.84. The van der Waals surface area contributed by atoms with Gasteiger partial charge in [-0.15, -0.1) is 0 Å². The third-order valence-electron chi connectivity index (χ3n) is 5.52. The number of benzene rings is 2. The fraction of sp³-hybridized carbons (Fsp3) is 0.417. The average molecular weight is 379 g/mol. The second-order valence-electron chi connectivity index (χ2n) is 7.91. The van der Waals surface area contributed by atoms with Crippen molar-refractivity contribution in [3.63, 3.8) is 0 Å². The molecule has 2 aromatic rings. The van der Waals surface area contributed by atoms with Gasteiger partial charge >= 0.3 is 0 Å². The molecule has 0 aliphatic carbocycles. The summed E-state index contributed by atoms with van der Waals surface area (Å²) in [6, 6.07) is 16.8. The summed E-state index contributed by atoms with van der Waals surface area (Å²) < 4.78 is 0. The van der Waals surface area contributed by atoms with Crippen molar-refractivity contribution in [3.05, 3.63) is 70.8 Å². The molecule has 1 saturated heterocycles. The molecule has 0 saturated carbocycles. The topological polar surface area (TPSA) is 40.6 Å². The first-order valence-corrected chi connectivity index (χ1v) is 10.1.